The molecule has 2 heterocycles. The fraction of sp³-hybridized carbons (Fsp3) is 0.150. The molecule has 0 fully saturated rings. The Hall–Kier alpha value is -7.12. The smallest absolute Gasteiger partial charge is 0.454 e. The van der Waals surface area contributed by atoms with Crippen LogP contribution in [-0.2, 0) is 10.8 Å². The molecule has 0 aromatic heterocycles. The second-order valence-electron chi connectivity index (χ2n) is 13.4. The highest BCUT2D eigenvalue weighted by molar-refractivity contribution is 6.03. The molecule has 310 valence electrons. The maximum absolute atomic E-state index is 17.1. The molecule has 4 N–H and O–H groups in total. The number of aromatic carboxylic acids is 4. The number of ether oxygens (including phenoxy) is 2. The van der Waals surface area contributed by atoms with E-state index in [0.29, 0.717) is 42.5 Å². The van der Waals surface area contributed by atoms with Gasteiger partial charge in [-0.25, -0.2) is 19.2 Å². The van der Waals surface area contributed by atoms with Gasteiger partial charge in [0.1, 0.15) is 33.8 Å². The molecule has 60 heavy (non-hydrogen) atoms. The Bertz CT molecular complexity index is 2480. The van der Waals surface area contributed by atoms with Crippen LogP contribution in [0.1, 0.15) is 74.8 Å². The van der Waals surface area contributed by atoms with Gasteiger partial charge in [-0.3, -0.25) is 0 Å². The molecule has 0 amide bonds. The summed E-state index contributed by atoms with van der Waals surface area (Å²) in [6.45, 7) is 0. The Balaban J connectivity index is 1.77. The fourth-order valence-corrected chi connectivity index (χ4v) is 7.93. The largest absolute Gasteiger partial charge is 0.478 e. The molecule has 2 atom stereocenters. The summed E-state index contributed by atoms with van der Waals surface area (Å²) < 4.78 is 170. The number of halogens is 10. The van der Waals surface area contributed by atoms with E-state index in [1.165, 1.54) is 0 Å². The van der Waals surface area contributed by atoms with Crippen molar-refractivity contribution in [2.24, 2.45) is 0 Å². The van der Waals surface area contributed by atoms with Crippen LogP contribution in [0.2, 0.25) is 0 Å². The third kappa shape index (κ3) is 5.42. The van der Waals surface area contributed by atoms with Gasteiger partial charge in [-0.15, -0.1) is 0 Å². The van der Waals surface area contributed by atoms with Crippen LogP contribution in [0.5, 0.6) is 23.0 Å². The minimum Gasteiger partial charge on any atom is -0.478 e. The summed E-state index contributed by atoms with van der Waals surface area (Å²) in [5, 5.41) is 39.5. The molecule has 0 aliphatic carbocycles. The van der Waals surface area contributed by atoms with E-state index < -0.39 is 138 Å². The zero-order valence-electron chi connectivity index (χ0n) is 29.3. The lowest BCUT2D eigenvalue weighted by Gasteiger charge is -2.49. The fourth-order valence-electron chi connectivity index (χ4n) is 7.93. The lowest BCUT2D eigenvalue weighted by Crippen LogP contribution is -2.58. The first-order chi connectivity index (χ1) is 27.8. The molecule has 0 saturated heterocycles. The number of alkyl halides is 10. The molecule has 2 aliphatic rings. The Morgan fingerprint density at radius 2 is 0.667 bits per heavy atom. The van der Waals surface area contributed by atoms with Crippen molar-refractivity contribution in [2.45, 2.75) is 35.0 Å². The van der Waals surface area contributed by atoms with E-state index in [-0.39, 0.29) is 18.2 Å². The Morgan fingerprint density at radius 3 is 0.950 bits per heavy atom. The van der Waals surface area contributed by atoms with Gasteiger partial charge in [0, 0.05) is 28.3 Å². The first kappa shape index (κ1) is 41.1. The molecule has 5 aromatic carbocycles. The predicted octanol–water partition coefficient (Wildman–Crippen LogP) is 9.75. The standard InChI is InChI=1S/C40H20F10O10/c41-37(42,39(45,46)47)35(17-7-3-1-4-8-17)23-11-19(31(51)52)21(33(55)56)13-27(23)59-29-16-30-26(15-25(29)35)36(18-9-5-2-6-10-18,38(43,44)40(48,49)50)24-12-20(32(53)54)22(34(57)58)14-28(24)60-30/h1-16H,(H,51,52)(H,53,54)(H,55,56)(H,57,58). The van der Waals surface area contributed by atoms with Crippen LogP contribution in [-0.4, -0.2) is 68.5 Å². The van der Waals surface area contributed by atoms with Gasteiger partial charge in [-0.05, 0) is 41.5 Å². The average molecular weight is 851 g/mol. The lowest BCUT2D eigenvalue weighted by atomic mass is 9.59. The summed E-state index contributed by atoms with van der Waals surface area (Å²) in [7, 11) is 0. The number of fused-ring (bicyclic) bond motifs is 4. The molecule has 20 heteroatoms. The van der Waals surface area contributed by atoms with E-state index in [1.807, 2.05) is 0 Å². The zero-order chi connectivity index (χ0) is 44.1. The van der Waals surface area contributed by atoms with E-state index in [9.17, 15) is 39.6 Å². The van der Waals surface area contributed by atoms with Gasteiger partial charge in [-0.2, -0.15) is 43.9 Å². The van der Waals surface area contributed by atoms with Gasteiger partial charge in [0.15, 0.2) is 0 Å². The van der Waals surface area contributed by atoms with Crippen LogP contribution in [0.3, 0.4) is 0 Å². The highest BCUT2D eigenvalue weighted by Crippen LogP contribution is 2.68. The molecule has 0 spiro atoms. The van der Waals surface area contributed by atoms with Crippen molar-refractivity contribution in [3.63, 3.8) is 0 Å². The number of benzene rings is 5. The summed E-state index contributed by atoms with van der Waals surface area (Å²) in [5.74, 6) is -25.5. The van der Waals surface area contributed by atoms with Gasteiger partial charge in [0.25, 0.3) is 0 Å². The van der Waals surface area contributed by atoms with E-state index >= 15 is 43.9 Å². The van der Waals surface area contributed by atoms with E-state index in [4.69, 9.17) is 9.47 Å². The lowest BCUT2D eigenvalue weighted by molar-refractivity contribution is -0.300. The van der Waals surface area contributed by atoms with Crippen LogP contribution >= 0.6 is 0 Å². The van der Waals surface area contributed by atoms with E-state index in [0.717, 1.165) is 36.4 Å². The second-order valence-corrected chi connectivity index (χ2v) is 13.4. The number of carboxylic acid groups (broad SMARTS) is 4. The number of hydrogen-bond donors (Lipinski definition) is 4. The molecule has 0 radical (unpaired) electrons. The van der Waals surface area contributed by atoms with Crippen molar-refractivity contribution in [3.05, 3.63) is 153 Å². The molecule has 2 unspecified atom stereocenters. The maximum atomic E-state index is 17.1. The molecule has 10 nitrogen and oxygen atoms in total. The minimum atomic E-state index is -6.68. The Labute approximate surface area is 327 Å². The van der Waals surface area contributed by atoms with Crippen molar-refractivity contribution in [1.29, 1.82) is 0 Å². The van der Waals surface area contributed by atoms with Crippen molar-refractivity contribution in [2.75, 3.05) is 0 Å². The van der Waals surface area contributed by atoms with Crippen LogP contribution < -0.4 is 9.47 Å². The number of rotatable bonds is 8. The van der Waals surface area contributed by atoms with Crippen molar-refractivity contribution in [3.8, 4) is 23.0 Å². The van der Waals surface area contributed by atoms with E-state index in [2.05, 4.69) is 0 Å². The molecule has 7 rings (SSSR count). The van der Waals surface area contributed by atoms with Crippen LogP contribution in [0.25, 0.3) is 0 Å². The number of carboxylic acids is 4. The van der Waals surface area contributed by atoms with Crippen molar-refractivity contribution >= 4 is 23.9 Å². The zero-order valence-corrected chi connectivity index (χ0v) is 29.3. The van der Waals surface area contributed by atoms with E-state index in [1.54, 1.807) is 0 Å². The van der Waals surface area contributed by atoms with Crippen LogP contribution in [0.4, 0.5) is 43.9 Å². The minimum absolute atomic E-state index is 0.0763. The first-order valence-electron chi connectivity index (χ1n) is 16.7. The Morgan fingerprint density at radius 1 is 0.400 bits per heavy atom. The van der Waals surface area contributed by atoms with Crippen molar-refractivity contribution in [1.82, 2.24) is 0 Å². The summed E-state index contributed by atoms with van der Waals surface area (Å²) in [6, 6.07) is 10.1. The van der Waals surface area contributed by atoms with Crippen LogP contribution in [0, 0.1) is 0 Å². The molecule has 2 aliphatic heterocycles. The molecular formula is C40H20F10O10. The highest BCUT2D eigenvalue weighted by atomic mass is 19.4. The van der Waals surface area contributed by atoms with Gasteiger partial charge < -0.3 is 29.9 Å². The third-order valence-electron chi connectivity index (χ3n) is 10.4. The summed E-state index contributed by atoms with van der Waals surface area (Å²) in [4.78, 5) is 49.0. The first-order valence-corrected chi connectivity index (χ1v) is 16.7. The topological polar surface area (TPSA) is 168 Å². The maximum Gasteiger partial charge on any atom is 0.454 e. The second kappa shape index (κ2) is 13.2. The molecule has 0 bridgehead atoms. The van der Waals surface area contributed by atoms with Gasteiger partial charge in [0.05, 0.1) is 22.3 Å². The predicted molar refractivity (Wildman–Crippen MR) is 182 cm³/mol. The third-order valence-corrected chi connectivity index (χ3v) is 10.4. The molecule has 0 saturated carbocycles. The molecule has 5 aromatic rings. The quantitative estimate of drug-likeness (QED) is 0.110. The van der Waals surface area contributed by atoms with Crippen LogP contribution in [0.15, 0.2) is 97.1 Å². The monoisotopic (exact) mass is 850 g/mol. The van der Waals surface area contributed by atoms with Gasteiger partial charge in [-0.1, -0.05) is 60.7 Å². The summed E-state index contributed by atoms with van der Waals surface area (Å²) in [5.41, 5.74) is -21.6. The number of carbonyl (C=O) groups is 4. The highest BCUT2D eigenvalue weighted by Gasteiger charge is 2.76. The van der Waals surface area contributed by atoms with Gasteiger partial charge >= 0.3 is 48.1 Å². The summed E-state index contributed by atoms with van der Waals surface area (Å²) in [6.07, 6.45) is -13.4. The average Bonchev–Trinajstić information content (AvgIpc) is 3.16. The number of hydrogen-bond acceptors (Lipinski definition) is 6. The normalized spacial score (nSPS) is 18.4. The molecular weight excluding hydrogens is 830 g/mol. The van der Waals surface area contributed by atoms with Crippen molar-refractivity contribution < 1.29 is 93.0 Å². The Kier molecular flexibility index (Phi) is 9.03. The van der Waals surface area contributed by atoms with Gasteiger partial charge in [0.2, 0.25) is 0 Å². The summed E-state index contributed by atoms with van der Waals surface area (Å²) >= 11 is 0. The SMILES string of the molecule is O=C(O)c1cc2c(cc1C(=O)O)C(c1ccccc1)(C(F)(F)C(F)(F)F)c1cc3c(cc1O2)Oc1cc(C(=O)O)c(C(=O)O)cc1C3(c1ccccc1)C(F)(F)C(F)(F)F.